The molecule has 0 unspecified atom stereocenters. The molecular weight excluding hydrogens is 370 g/mol. The van der Waals surface area contributed by atoms with Gasteiger partial charge >= 0.3 is 0 Å². The normalized spacial score (nSPS) is 10.5. The predicted molar refractivity (Wildman–Crippen MR) is 110 cm³/mol. The fraction of sp³-hybridized carbons (Fsp3) is 0.0455. The molecule has 2 amide bonds. The molecule has 146 valence electrons. The second-order valence-corrected chi connectivity index (χ2v) is 5.99. The Balaban J connectivity index is 1.48. The number of benzene rings is 3. The predicted octanol–water partition coefficient (Wildman–Crippen LogP) is 3.17. The van der Waals surface area contributed by atoms with Gasteiger partial charge in [-0.15, -0.1) is 0 Å². The molecule has 3 aromatic carbocycles. The van der Waals surface area contributed by atoms with E-state index in [2.05, 4.69) is 15.8 Å². The lowest BCUT2D eigenvalue weighted by molar-refractivity contribution is -0.118. The van der Waals surface area contributed by atoms with Gasteiger partial charge in [0, 0.05) is 16.8 Å². The summed E-state index contributed by atoms with van der Waals surface area (Å²) >= 11 is 0. The van der Waals surface area contributed by atoms with E-state index in [4.69, 9.17) is 4.74 Å². The molecule has 0 aliphatic carbocycles. The number of hydrogen-bond acceptors (Lipinski definition) is 5. The maximum absolute atomic E-state index is 12.1. The lowest BCUT2D eigenvalue weighted by Gasteiger charge is -2.08. The zero-order valence-electron chi connectivity index (χ0n) is 15.4. The number of para-hydroxylation sites is 2. The van der Waals surface area contributed by atoms with Gasteiger partial charge in [0.05, 0.1) is 6.21 Å². The van der Waals surface area contributed by atoms with Crippen LogP contribution in [0, 0.1) is 0 Å². The fourth-order valence-corrected chi connectivity index (χ4v) is 2.39. The minimum Gasteiger partial charge on any atom is -0.507 e. The Morgan fingerprint density at radius 1 is 0.931 bits per heavy atom. The Kier molecular flexibility index (Phi) is 6.57. The lowest BCUT2D eigenvalue weighted by atomic mass is 10.2. The van der Waals surface area contributed by atoms with Crippen LogP contribution >= 0.6 is 0 Å². The molecule has 0 atom stereocenters. The fourth-order valence-electron chi connectivity index (χ4n) is 2.39. The van der Waals surface area contributed by atoms with E-state index in [-0.39, 0.29) is 18.3 Å². The van der Waals surface area contributed by atoms with Crippen LogP contribution in [0.4, 0.5) is 5.69 Å². The number of anilines is 1. The third-order valence-corrected chi connectivity index (χ3v) is 3.85. The molecule has 0 bridgehead atoms. The minimum atomic E-state index is -0.412. The van der Waals surface area contributed by atoms with Crippen LogP contribution in [-0.4, -0.2) is 29.7 Å². The average molecular weight is 389 g/mol. The molecule has 7 heteroatoms. The molecule has 0 aromatic heterocycles. The van der Waals surface area contributed by atoms with Gasteiger partial charge in [-0.3, -0.25) is 9.59 Å². The quantitative estimate of drug-likeness (QED) is 0.427. The molecule has 0 radical (unpaired) electrons. The summed E-state index contributed by atoms with van der Waals surface area (Å²) in [5.74, 6) is -0.160. The third-order valence-electron chi connectivity index (χ3n) is 3.85. The monoisotopic (exact) mass is 389 g/mol. The van der Waals surface area contributed by atoms with Crippen molar-refractivity contribution in [1.82, 2.24) is 5.43 Å². The van der Waals surface area contributed by atoms with Crippen LogP contribution < -0.4 is 15.5 Å². The van der Waals surface area contributed by atoms with E-state index in [0.29, 0.717) is 22.6 Å². The van der Waals surface area contributed by atoms with E-state index in [1.165, 1.54) is 12.3 Å². The van der Waals surface area contributed by atoms with Gasteiger partial charge in [0.1, 0.15) is 11.5 Å². The first-order chi connectivity index (χ1) is 14.1. The van der Waals surface area contributed by atoms with Crippen LogP contribution in [0.5, 0.6) is 11.5 Å². The molecule has 29 heavy (non-hydrogen) atoms. The smallest absolute Gasteiger partial charge is 0.271 e. The van der Waals surface area contributed by atoms with E-state index < -0.39 is 5.91 Å². The van der Waals surface area contributed by atoms with E-state index in [9.17, 15) is 14.7 Å². The highest BCUT2D eigenvalue weighted by Gasteiger charge is 2.07. The van der Waals surface area contributed by atoms with Crippen LogP contribution in [0.1, 0.15) is 15.9 Å². The summed E-state index contributed by atoms with van der Waals surface area (Å²) in [6.45, 7) is -0.148. The summed E-state index contributed by atoms with van der Waals surface area (Å²) in [5.41, 5.74) is 3.94. The summed E-state index contributed by atoms with van der Waals surface area (Å²) in [7, 11) is 0. The molecule has 0 aliphatic heterocycles. The van der Waals surface area contributed by atoms with Crippen LogP contribution in [0.2, 0.25) is 0 Å². The Morgan fingerprint density at radius 2 is 1.62 bits per heavy atom. The number of carbonyl (C=O) groups excluding carboxylic acids is 2. The van der Waals surface area contributed by atoms with Crippen LogP contribution in [0.3, 0.4) is 0 Å². The summed E-state index contributed by atoms with van der Waals surface area (Å²) in [6.07, 6.45) is 1.36. The molecule has 0 spiro atoms. The van der Waals surface area contributed by atoms with Crippen molar-refractivity contribution in [1.29, 1.82) is 0 Å². The molecule has 3 rings (SSSR count). The molecule has 3 aromatic rings. The first-order valence-electron chi connectivity index (χ1n) is 8.81. The summed E-state index contributed by atoms with van der Waals surface area (Å²) in [5, 5.41) is 16.2. The number of phenols is 1. The van der Waals surface area contributed by atoms with E-state index >= 15 is 0 Å². The van der Waals surface area contributed by atoms with Crippen molar-refractivity contribution in [2.45, 2.75) is 0 Å². The van der Waals surface area contributed by atoms with Gasteiger partial charge in [0.2, 0.25) is 0 Å². The van der Waals surface area contributed by atoms with Gasteiger partial charge in [-0.25, -0.2) is 5.43 Å². The SMILES string of the molecule is O=C(COc1ccc(C(=O)N/N=C/c2ccccc2O)cc1)Nc1ccccc1. The maximum Gasteiger partial charge on any atom is 0.271 e. The number of carbonyl (C=O) groups is 2. The second-order valence-electron chi connectivity index (χ2n) is 5.99. The molecular formula is C22H19N3O4. The number of phenolic OH excluding ortho intramolecular Hbond substituents is 1. The van der Waals surface area contributed by atoms with Crippen molar-refractivity contribution >= 4 is 23.7 Å². The zero-order valence-corrected chi connectivity index (χ0v) is 15.4. The summed E-state index contributed by atoms with van der Waals surface area (Å²) in [6, 6.07) is 22.1. The van der Waals surface area contributed by atoms with Gasteiger partial charge in [-0.1, -0.05) is 30.3 Å². The molecule has 0 saturated heterocycles. The summed E-state index contributed by atoms with van der Waals surface area (Å²) < 4.78 is 5.43. The van der Waals surface area contributed by atoms with Gasteiger partial charge in [0.25, 0.3) is 11.8 Å². The highest BCUT2D eigenvalue weighted by molar-refractivity contribution is 5.95. The first-order valence-corrected chi connectivity index (χ1v) is 8.81. The van der Waals surface area contributed by atoms with Crippen molar-refractivity contribution in [3.63, 3.8) is 0 Å². The van der Waals surface area contributed by atoms with Crippen LogP contribution in [0.15, 0.2) is 84.0 Å². The molecule has 0 heterocycles. The third kappa shape index (κ3) is 5.93. The number of amides is 2. The second kappa shape index (κ2) is 9.70. The van der Waals surface area contributed by atoms with Gasteiger partial charge in [0.15, 0.2) is 6.61 Å². The van der Waals surface area contributed by atoms with Crippen molar-refractivity contribution in [3.8, 4) is 11.5 Å². The highest BCUT2D eigenvalue weighted by atomic mass is 16.5. The van der Waals surface area contributed by atoms with E-state index in [1.54, 1.807) is 54.6 Å². The summed E-state index contributed by atoms with van der Waals surface area (Å²) in [4.78, 5) is 24.0. The number of nitrogens with one attached hydrogen (secondary N) is 2. The van der Waals surface area contributed by atoms with E-state index in [0.717, 1.165) is 0 Å². The standard InChI is InChI=1S/C22H19N3O4/c26-20-9-5-4-6-17(20)14-23-25-22(28)16-10-12-19(13-11-16)29-15-21(27)24-18-7-2-1-3-8-18/h1-14,26H,15H2,(H,24,27)(H,25,28)/b23-14+. The first kappa shape index (κ1) is 19.6. The number of hydrazone groups is 1. The Hall–Kier alpha value is -4.13. The van der Waals surface area contributed by atoms with Crippen molar-refractivity contribution < 1.29 is 19.4 Å². The average Bonchev–Trinajstić information content (AvgIpc) is 2.74. The topological polar surface area (TPSA) is 100 Å². The minimum absolute atomic E-state index is 0.0725. The number of hydrogen-bond donors (Lipinski definition) is 3. The molecule has 0 aliphatic rings. The zero-order chi connectivity index (χ0) is 20.5. The van der Waals surface area contributed by atoms with Crippen molar-refractivity contribution in [3.05, 3.63) is 90.0 Å². The largest absolute Gasteiger partial charge is 0.507 e. The van der Waals surface area contributed by atoms with Crippen LogP contribution in [0.25, 0.3) is 0 Å². The number of nitrogens with zero attached hydrogens (tertiary/aromatic N) is 1. The molecule has 3 N–H and O–H groups in total. The molecule has 7 nitrogen and oxygen atoms in total. The van der Waals surface area contributed by atoms with Crippen molar-refractivity contribution in [2.24, 2.45) is 5.10 Å². The molecule has 0 fully saturated rings. The van der Waals surface area contributed by atoms with Gasteiger partial charge < -0.3 is 15.2 Å². The highest BCUT2D eigenvalue weighted by Crippen LogP contribution is 2.14. The van der Waals surface area contributed by atoms with E-state index in [1.807, 2.05) is 18.2 Å². The van der Waals surface area contributed by atoms with Crippen LogP contribution in [-0.2, 0) is 4.79 Å². The van der Waals surface area contributed by atoms with Crippen molar-refractivity contribution in [2.75, 3.05) is 11.9 Å². The van der Waals surface area contributed by atoms with Gasteiger partial charge in [-0.2, -0.15) is 5.10 Å². The van der Waals surface area contributed by atoms with Gasteiger partial charge in [-0.05, 0) is 48.5 Å². The Labute approximate surface area is 167 Å². The number of rotatable bonds is 7. The lowest BCUT2D eigenvalue weighted by Crippen LogP contribution is -2.20. The Morgan fingerprint density at radius 3 is 2.34 bits per heavy atom. The molecule has 0 saturated carbocycles. The number of ether oxygens (including phenoxy) is 1. The number of aromatic hydroxyl groups is 1. The Bertz CT molecular complexity index is 1000. The maximum atomic E-state index is 12.1.